The van der Waals surface area contributed by atoms with Crippen molar-refractivity contribution in [1.82, 2.24) is 15.6 Å². The van der Waals surface area contributed by atoms with E-state index in [2.05, 4.69) is 15.6 Å². The first-order valence-corrected chi connectivity index (χ1v) is 9.11. The molecule has 1 aliphatic carbocycles. The van der Waals surface area contributed by atoms with Crippen LogP contribution in [0.2, 0.25) is 0 Å². The molecular weight excluding hydrogens is 322 g/mol. The Morgan fingerprint density at radius 3 is 2.79 bits per heavy atom. The maximum Gasteiger partial charge on any atom is 0.315 e. The largest absolute Gasteiger partial charge is 0.384 e. The van der Waals surface area contributed by atoms with Crippen LogP contribution in [0.15, 0.2) is 35.7 Å². The van der Waals surface area contributed by atoms with Crippen LogP contribution in [0.5, 0.6) is 0 Å². The number of aliphatic hydroxyl groups is 1. The minimum Gasteiger partial charge on any atom is -0.384 e. The van der Waals surface area contributed by atoms with Gasteiger partial charge in [-0.05, 0) is 32.3 Å². The molecule has 2 amide bonds. The highest BCUT2D eigenvalue weighted by Gasteiger charge is 2.28. The van der Waals surface area contributed by atoms with Gasteiger partial charge in [-0.1, -0.05) is 30.3 Å². The molecule has 0 spiro atoms. The average molecular weight is 345 g/mol. The Hall–Kier alpha value is -1.92. The first-order chi connectivity index (χ1) is 11.5. The Labute approximate surface area is 146 Å². The van der Waals surface area contributed by atoms with Crippen LogP contribution in [0.4, 0.5) is 4.79 Å². The molecule has 1 heterocycles. The molecule has 1 aromatic heterocycles. The number of nitrogens with one attached hydrogen (secondary N) is 2. The summed E-state index contributed by atoms with van der Waals surface area (Å²) in [5.41, 5.74) is 0.556. The highest BCUT2D eigenvalue weighted by atomic mass is 32.1. The highest BCUT2D eigenvalue weighted by molar-refractivity contribution is 7.09. The monoisotopic (exact) mass is 345 g/mol. The summed E-state index contributed by atoms with van der Waals surface area (Å²) in [6, 6.07) is 8.85. The molecule has 5 nitrogen and oxygen atoms in total. The topological polar surface area (TPSA) is 74.2 Å². The molecule has 0 saturated heterocycles. The van der Waals surface area contributed by atoms with Crippen LogP contribution in [-0.2, 0) is 5.60 Å². The second-order valence-corrected chi connectivity index (χ2v) is 7.46. The molecule has 2 atom stereocenters. The fraction of sp³-hybridized carbons (Fsp3) is 0.444. The number of carbonyl (C=O) groups excluding carboxylic acids is 1. The molecule has 3 N–H and O–H groups in total. The molecule has 0 aliphatic heterocycles. The number of aromatic nitrogens is 1. The summed E-state index contributed by atoms with van der Waals surface area (Å²) in [4.78, 5) is 16.7. The van der Waals surface area contributed by atoms with E-state index in [1.165, 1.54) is 17.8 Å². The Morgan fingerprint density at radius 2 is 2.12 bits per heavy atom. The van der Waals surface area contributed by atoms with Crippen LogP contribution in [0.1, 0.15) is 54.9 Å². The van der Waals surface area contributed by atoms with Gasteiger partial charge in [-0.25, -0.2) is 9.78 Å². The predicted octanol–water partition coefficient (Wildman–Crippen LogP) is 3.29. The summed E-state index contributed by atoms with van der Waals surface area (Å²) in [5, 5.41) is 19.3. The fourth-order valence-electron chi connectivity index (χ4n) is 2.49. The minimum absolute atomic E-state index is 0.139. The highest BCUT2D eigenvalue weighted by Crippen LogP contribution is 2.41. The minimum atomic E-state index is -1.11. The number of thiazole rings is 1. The van der Waals surface area contributed by atoms with Gasteiger partial charge in [-0.2, -0.15) is 0 Å². The van der Waals surface area contributed by atoms with Crippen LogP contribution in [0.25, 0.3) is 0 Å². The van der Waals surface area contributed by atoms with Gasteiger partial charge in [0.2, 0.25) is 0 Å². The maximum atomic E-state index is 12.1. The number of hydrogen-bond acceptors (Lipinski definition) is 4. The van der Waals surface area contributed by atoms with E-state index >= 15 is 0 Å². The van der Waals surface area contributed by atoms with Gasteiger partial charge in [0, 0.05) is 11.3 Å². The number of hydrogen-bond donors (Lipinski definition) is 3. The van der Waals surface area contributed by atoms with Gasteiger partial charge in [-0.15, -0.1) is 11.3 Å². The van der Waals surface area contributed by atoms with Gasteiger partial charge in [0.25, 0.3) is 0 Å². The van der Waals surface area contributed by atoms with Gasteiger partial charge in [-0.3, -0.25) is 0 Å². The van der Waals surface area contributed by atoms with Crippen molar-refractivity contribution in [2.45, 2.75) is 44.2 Å². The number of amides is 2. The summed E-state index contributed by atoms with van der Waals surface area (Å²) in [5.74, 6) is 0.630. The molecule has 1 fully saturated rings. The van der Waals surface area contributed by atoms with Gasteiger partial charge in [0.1, 0.15) is 5.60 Å². The SMILES string of the molecule is C[C@H](NC(=O)NC[C@@](C)(O)c1ccccc1)c1csc(C2CC2)n1. The van der Waals surface area contributed by atoms with E-state index in [4.69, 9.17) is 0 Å². The average Bonchev–Trinajstić information content (AvgIpc) is 3.31. The van der Waals surface area contributed by atoms with E-state index in [0.29, 0.717) is 5.92 Å². The third-order valence-electron chi connectivity index (χ3n) is 4.25. The lowest BCUT2D eigenvalue weighted by Crippen LogP contribution is -2.44. The second kappa shape index (κ2) is 6.91. The zero-order valence-electron chi connectivity index (χ0n) is 14.0. The number of nitrogens with zero attached hydrogens (tertiary/aromatic N) is 1. The Bertz CT molecular complexity index is 695. The van der Waals surface area contributed by atoms with Gasteiger partial charge < -0.3 is 15.7 Å². The van der Waals surface area contributed by atoms with Gasteiger partial charge in [0.15, 0.2) is 0 Å². The molecular formula is C18H23N3O2S. The molecule has 3 rings (SSSR count). The van der Waals surface area contributed by atoms with E-state index in [1.54, 1.807) is 18.3 Å². The summed E-state index contributed by atoms with van der Waals surface area (Å²) in [6.45, 7) is 3.75. The summed E-state index contributed by atoms with van der Waals surface area (Å²) >= 11 is 1.67. The third kappa shape index (κ3) is 4.13. The van der Waals surface area contributed by atoms with E-state index in [9.17, 15) is 9.90 Å². The van der Waals surface area contributed by atoms with Crippen molar-refractivity contribution in [3.05, 3.63) is 52.0 Å². The first-order valence-electron chi connectivity index (χ1n) is 8.23. The lowest BCUT2D eigenvalue weighted by atomic mass is 9.96. The summed E-state index contributed by atoms with van der Waals surface area (Å²) < 4.78 is 0. The van der Waals surface area contributed by atoms with Crippen LogP contribution in [-0.4, -0.2) is 22.7 Å². The van der Waals surface area contributed by atoms with Crippen LogP contribution < -0.4 is 10.6 Å². The molecule has 0 unspecified atom stereocenters. The van der Waals surface area contributed by atoms with Crippen molar-refractivity contribution in [3.8, 4) is 0 Å². The van der Waals surface area contributed by atoms with Crippen LogP contribution in [0.3, 0.4) is 0 Å². The van der Waals surface area contributed by atoms with E-state index < -0.39 is 5.60 Å². The normalized spacial score (nSPS) is 17.8. The fourth-order valence-corrected chi connectivity index (χ4v) is 3.58. The summed E-state index contributed by atoms with van der Waals surface area (Å²) in [7, 11) is 0. The number of rotatable bonds is 6. The Balaban J connectivity index is 1.51. The predicted molar refractivity (Wildman–Crippen MR) is 95.1 cm³/mol. The van der Waals surface area contributed by atoms with Gasteiger partial charge in [0.05, 0.1) is 23.3 Å². The van der Waals surface area contributed by atoms with E-state index in [1.807, 2.05) is 42.6 Å². The van der Waals surface area contributed by atoms with E-state index in [-0.39, 0.29) is 18.6 Å². The third-order valence-corrected chi connectivity index (χ3v) is 5.27. The molecule has 6 heteroatoms. The van der Waals surface area contributed by atoms with E-state index in [0.717, 1.165) is 11.3 Å². The second-order valence-electron chi connectivity index (χ2n) is 6.57. The number of benzene rings is 1. The Kier molecular flexibility index (Phi) is 4.87. The maximum absolute atomic E-state index is 12.1. The standard InChI is InChI=1S/C18H23N3O2S/c1-12(15-10-24-16(21-15)13-8-9-13)20-17(22)19-11-18(2,23)14-6-4-3-5-7-14/h3-7,10,12-13,23H,8-9,11H2,1-2H3,(H2,19,20,22)/t12-,18+/m0/s1. The van der Waals surface area contributed by atoms with Crippen molar-refractivity contribution >= 4 is 17.4 Å². The summed E-state index contributed by atoms with van der Waals surface area (Å²) in [6.07, 6.45) is 2.45. The lowest BCUT2D eigenvalue weighted by molar-refractivity contribution is 0.0593. The van der Waals surface area contributed by atoms with Crippen molar-refractivity contribution in [1.29, 1.82) is 0 Å². The van der Waals surface area contributed by atoms with Gasteiger partial charge >= 0.3 is 6.03 Å². The molecule has 0 bridgehead atoms. The molecule has 1 aliphatic rings. The smallest absolute Gasteiger partial charge is 0.315 e. The van der Waals surface area contributed by atoms with Crippen LogP contribution >= 0.6 is 11.3 Å². The molecule has 2 aromatic rings. The van der Waals surface area contributed by atoms with Crippen LogP contribution in [0, 0.1) is 0 Å². The number of carbonyl (C=O) groups is 1. The van der Waals surface area contributed by atoms with Crippen molar-refractivity contribution in [3.63, 3.8) is 0 Å². The molecule has 128 valence electrons. The quantitative estimate of drug-likeness (QED) is 0.752. The zero-order chi connectivity index (χ0) is 17.2. The molecule has 0 radical (unpaired) electrons. The molecule has 1 saturated carbocycles. The molecule has 24 heavy (non-hydrogen) atoms. The van der Waals surface area contributed by atoms with Crippen molar-refractivity contribution in [2.75, 3.05) is 6.54 Å². The number of urea groups is 1. The van der Waals surface area contributed by atoms with Crippen molar-refractivity contribution in [2.24, 2.45) is 0 Å². The molecule has 1 aromatic carbocycles. The van der Waals surface area contributed by atoms with Crippen molar-refractivity contribution < 1.29 is 9.90 Å². The first kappa shape index (κ1) is 16.9. The lowest BCUT2D eigenvalue weighted by Gasteiger charge is -2.24. The Morgan fingerprint density at radius 1 is 1.42 bits per heavy atom. The zero-order valence-corrected chi connectivity index (χ0v) is 14.8.